The number of urea groups is 1. The highest BCUT2D eigenvalue weighted by Gasteiger charge is 2.26. The van der Waals surface area contributed by atoms with Crippen LogP contribution in [0.15, 0.2) is 24.3 Å². The monoisotopic (exact) mass is 276 g/mol. The first-order valence-electron chi connectivity index (χ1n) is 6.95. The summed E-state index contributed by atoms with van der Waals surface area (Å²) in [6.07, 6.45) is 1.78. The van der Waals surface area contributed by atoms with Crippen molar-refractivity contribution >= 4 is 12.0 Å². The molecule has 0 unspecified atom stereocenters. The van der Waals surface area contributed by atoms with E-state index in [4.69, 9.17) is 5.11 Å². The van der Waals surface area contributed by atoms with Crippen LogP contribution >= 0.6 is 0 Å². The van der Waals surface area contributed by atoms with Gasteiger partial charge < -0.3 is 15.3 Å². The number of carboxylic acid groups (broad SMARTS) is 1. The molecule has 0 saturated carbocycles. The highest BCUT2D eigenvalue weighted by molar-refractivity contribution is 5.87. The average Bonchev–Trinajstić information content (AvgIpc) is 2.88. The molecule has 2 N–H and O–H groups in total. The molecule has 1 aromatic rings. The smallest absolute Gasteiger partial charge is 0.335 e. The number of likely N-dealkylation sites (tertiary alicyclic amines) is 1. The molecule has 0 radical (unpaired) electrons. The third-order valence-electron chi connectivity index (χ3n) is 3.60. The molecular weight excluding hydrogens is 256 g/mol. The van der Waals surface area contributed by atoms with Gasteiger partial charge in [-0.15, -0.1) is 0 Å². The first-order chi connectivity index (χ1) is 9.60. The molecule has 1 saturated heterocycles. The highest BCUT2D eigenvalue weighted by atomic mass is 16.4. The Hall–Kier alpha value is -2.04. The van der Waals surface area contributed by atoms with Crippen LogP contribution in [0.25, 0.3) is 0 Å². The van der Waals surface area contributed by atoms with Crippen molar-refractivity contribution in [1.82, 2.24) is 10.2 Å². The lowest BCUT2D eigenvalue weighted by Crippen LogP contribution is -2.38. The molecular formula is C15H20N2O3. The minimum Gasteiger partial charge on any atom is -0.478 e. The van der Waals surface area contributed by atoms with Crippen LogP contribution in [-0.4, -0.2) is 41.6 Å². The molecule has 0 aliphatic carbocycles. The molecule has 1 atom stereocenters. The fourth-order valence-corrected chi connectivity index (χ4v) is 2.61. The predicted octanol–water partition coefficient (Wildman–Crippen LogP) is 1.98. The molecule has 2 rings (SSSR count). The van der Waals surface area contributed by atoms with E-state index in [1.807, 2.05) is 17.9 Å². The van der Waals surface area contributed by atoms with Gasteiger partial charge in [-0.25, -0.2) is 9.59 Å². The molecule has 1 aliphatic rings. The van der Waals surface area contributed by atoms with Crippen LogP contribution in [0.3, 0.4) is 0 Å². The summed E-state index contributed by atoms with van der Waals surface area (Å²) in [5, 5.41) is 11.8. The third-order valence-corrected chi connectivity index (χ3v) is 3.60. The fraction of sp³-hybridized carbons (Fsp3) is 0.467. The van der Waals surface area contributed by atoms with E-state index in [-0.39, 0.29) is 6.03 Å². The van der Waals surface area contributed by atoms with Crippen LogP contribution in [0.2, 0.25) is 0 Å². The Morgan fingerprint density at radius 3 is 2.95 bits per heavy atom. The Morgan fingerprint density at radius 1 is 1.45 bits per heavy atom. The van der Waals surface area contributed by atoms with E-state index < -0.39 is 5.97 Å². The molecule has 0 aromatic heterocycles. The lowest BCUT2D eigenvalue weighted by Gasteiger charge is -2.16. The van der Waals surface area contributed by atoms with Crippen LogP contribution in [0.1, 0.15) is 29.3 Å². The molecule has 0 bridgehead atoms. The first-order valence-corrected chi connectivity index (χ1v) is 6.95. The Labute approximate surface area is 118 Å². The van der Waals surface area contributed by atoms with Crippen LogP contribution in [0.4, 0.5) is 4.79 Å². The van der Waals surface area contributed by atoms with E-state index in [1.54, 1.807) is 18.2 Å². The van der Waals surface area contributed by atoms with E-state index >= 15 is 0 Å². The van der Waals surface area contributed by atoms with Gasteiger partial charge in [0.2, 0.25) is 0 Å². The van der Waals surface area contributed by atoms with Crippen molar-refractivity contribution in [3.63, 3.8) is 0 Å². The zero-order chi connectivity index (χ0) is 14.5. The fourth-order valence-electron chi connectivity index (χ4n) is 2.61. The summed E-state index contributed by atoms with van der Waals surface area (Å²) in [6.45, 7) is 4.06. The maximum absolute atomic E-state index is 11.7. The van der Waals surface area contributed by atoms with Crippen LogP contribution in [-0.2, 0) is 6.42 Å². The Morgan fingerprint density at radius 2 is 2.25 bits per heavy atom. The second-order valence-electron chi connectivity index (χ2n) is 5.15. The van der Waals surface area contributed by atoms with E-state index in [0.29, 0.717) is 18.0 Å². The third kappa shape index (κ3) is 3.50. The maximum Gasteiger partial charge on any atom is 0.335 e. The number of amides is 2. The number of nitrogens with zero attached hydrogens (tertiary/aromatic N) is 1. The van der Waals surface area contributed by atoms with Gasteiger partial charge in [0, 0.05) is 19.6 Å². The Balaban J connectivity index is 1.93. The van der Waals surface area contributed by atoms with E-state index in [9.17, 15) is 9.59 Å². The Kier molecular flexibility index (Phi) is 4.61. The summed E-state index contributed by atoms with van der Waals surface area (Å²) < 4.78 is 0. The average molecular weight is 276 g/mol. The van der Waals surface area contributed by atoms with E-state index in [0.717, 1.165) is 31.5 Å². The number of benzene rings is 1. The van der Waals surface area contributed by atoms with Crippen LogP contribution < -0.4 is 5.32 Å². The van der Waals surface area contributed by atoms with Crippen LogP contribution in [0, 0.1) is 5.92 Å². The number of hydrogen-bond acceptors (Lipinski definition) is 2. The standard InChI is InChI=1S/C15H20N2O3/c1-2-16-15(20)17-7-6-12(10-17)8-11-4-3-5-13(9-11)14(18)19/h3-5,9,12H,2,6-8,10H2,1H3,(H,16,20)(H,18,19)/t12-/m1/s1. The molecule has 1 fully saturated rings. The summed E-state index contributed by atoms with van der Waals surface area (Å²) >= 11 is 0. The quantitative estimate of drug-likeness (QED) is 0.883. The molecule has 1 aliphatic heterocycles. The molecule has 20 heavy (non-hydrogen) atoms. The lowest BCUT2D eigenvalue weighted by molar-refractivity contribution is 0.0696. The van der Waals surface area contributed by atoms with Crippen molar-refractivity contribution in [2.24, 2.45) is 5.92 Å². The maximum atomic E-state index is 11.7. The van der Waals surface area contributed by atoms with Gasteiger partial charge in [-0.1, -0.05) is 12.1 Å². The SMILES string of the molecule is CCNC(=O)N1CC[C@H](Cc2cccc(C(=O)O)c2)C1. The number of nitrogens with one attached hydrogen (secondary N) is 1. The molecule has 1 aromatic carbocycles. The van der Waals surface area contributed by atoms with Crippen molar-refractivity contribution < 1.29 is 14.7 Å². The summed E-state index contributed by atoms with van der Waals surface area (Å²) in [5.41, 5.74) is 1.34. The van der Waals surface area contributed by atoms with E-state index in [2.05, 4.69) is 5.32 Å². The van der Waals surface area contributed by atoms with Gasteiger partial charge in [-0.05, 0) is 43.4 Å². The van der Waals surface area contributed by atoms with Gasteiger partial charge in [-0.3, -0.25) is 0 Å². The number of carboxylic acids is 1. The van der Waals surface area contributed by atoms with Gasteiger partial charge in [0.05, 0.1) is 5.56 Å². The number of rotatable bonds is 4. The number of carbonyl (C=O) groups excluding carboxylic acids is 1. The molecule has 0 spiro atoms. The van der Waals surface area contributed by atoms with Crippen LogP contribution in [0.5, 0.6) is 0 Å². The van der Waals surface area contributed by atoms with Crippen molar-refractivity contribution in [2.75, 3.05) is 19.6 Å². The largest absolute Gasteiger partial charge is 0.478 e. The van der Waals surface area contributed by atoms with Crippen molar-refractivity contribution in [2.45, 2.75) is 19.8 Å². The zero-order valence-electron chi connectivity index (χ0n) is 11.6. The normalized spacial score (nSPS) is 18.1. The van der Waals surface area contributed by atoms with E-state index in [1.165, 1.54) is 0 Å². The molecule has 5 nitrogen and oxygen atoms in total. The first kappa shape index (κ1) is 14.4. The topological polar surface area (TPSA) is 69.6 Å². The molecule has 5 heteroatoms. The van der Waals surface area contributed by atoms with Crippen molar-refractivity contribution in [3.8, 4) is 0 Å². The predicted molar refractivity (Wildman–Crippen MR) is 75.9 cm³/mol. The summed E-state index contributed by atoms with van der Waals surface area (Å²) in [7, 11) is 0. The Bertz CT molecular complexity index is 502. The second-order valence-corrected chi connectivity index (χ2v) is 5.15. The summed E-state index contributed by atoms with van der Waals surface area (Å²) in [6, 6.07) is 7.03. The molecule has 1 heterocycles. The van der Waals surface area contributed by atoms with Gasteiger partial charge >= 0.3 is 12.0 Å². The van der Waals surface area contributed by atoms with Gasteiger partial charge in [0.15, 0.2) is 0 Å². The molecule has 2 amide bonds. The number of carbonyl (C=O) groups is 2. The zero-order valence-corrected chi connectivity index (χ0v) is 11.6. The van der Waals surface area contributed by atoms with Gasteiger partial charge in [-0.2, -0.15) is 0 Å². The second kappa shape index (κ2) is 6.41. The number of hydrogen-bond donors (Lipinski definition) is 2. The summed E-state index contributed by atoms with van der Waals surface area (Å²) in [4.78, 5) is 24.5. The highest BCUT2D eigenvalue weighted by Crippen LogP contribution is 2.21. The minimum atomic E-state index is -0.901. The van der Waals surface area contributed by atoms with Crippen molar-refractivity contribution in [3.05, 3.63) is 35.4 Å². The lowest BCUT2D eigenvalue weighted by atomic mass is 9.97. The van der Waals surface area contributed by atoms with Gasteiger partial charge in [0.1, 0.15) is 0 Å². The van der Waals surface area contributed by atoms with Gasteiger partial charge in [0.25, 0.3) is 0 Å². The minimum absolute atomic E-state index is 0.00529. The number of aromatic carboxylic acids is 1. The summed E-state index contributed by atoms with van der Waals surface area (Å²) in [5.74, 6) is -0.496. The van der Waals surface area contributed by atoms with Crippen molar-refractivity contribution in [1.29, 1.82) is 0 Å². The molecule has 108 valence electrons.